The predicted molar refractivity (Wildman–Crippen MR) is 42.4 cm³/mol. The number of ether oxygens (including phenoxy) is 1. The van der Waals surface area contributed by atoms with Gasteiger partial charge >= 0.3 is 0 Å². The summed E-state index contributed by atoms with van der Waals surface area (Å²) in [6.45, 7) is 5.49. The van der Waals surface area contributed by atoms with E-state index in [0.29, 0.717) is 19.8 Å². The molecule has 0 saturated carbocycles. The van der Waals surface area contributed by atoms with Gasteiger partial charge in [-0.2, -0.15) is 0 Å². The minimum atomic E-state index is -2.28. The second-order valence-electron chi connectivity index (χ2n) is 3.81. The smallest absolute Gasteiger partial charge is 0.253 e. The van der Waals surface area contributed by atoms with Gasteiger partial charge in [-0.3, -0.25) is 0 Å². The van der Waals surface area contributed by atoms with Gasteiger partial charge in [-0.15, -0.1) is 0 Å². The Morgan fingerprint density at radius 2 is 2.08 bits per heavy atom. The summed E-state index contributed by atoms with van der Waals surface area (Å²) in [6, 6.07) is -0.720. The fourth-order valence-corrected chi connectivity index (χ4v) is 1.05. The van der Waals surface area contributed by atoms with E-state index in [1.54, 1.807) is 0 Å². The van der Waals surface area contributed by atoms with Crippen LogP contribution in [0.15, 0.2) is 0 Å². The lowest BCUT2D eigenvalue weighted by Gasteiger charge is -2.38. The van der Waals surface area contributed by atoms with Crippen LogP contribution in [0.25, 0.3) is 0 Å². The highest BCUT2D eigenvalue weighted by atomic mass is 19.3. The van der Waals surface area contributed by atoms with Crippen LogP contribution < -0.4 is 5.32 Å². The van der Waals surface area contributed by atoms with Crippen LogP contribution in [0.1, 0.15) is 13.8 Å². The van der Waals surface area contributed by atoms with E-state index >= 15 is 0 Å². The lowest BCUT2D eigenvalue weighted by Crippen LogP contribution is -2.50. The Morgan fingerprint density at radius 3 is 2.42 bits per heavy atom. The van der Waals surface area contributed by atoms with Gasteiger partial charge in [0.2, 0.25) is 0 Å². The lowest BCUT2D eigenvalue weighted by molar-refractivity contribution is -0.101. The van der Waals surface area contributed by atoms with Crippen LogP contribution in [0.5, 0.6) is 0 Å². The summed E-state index contributed by atoms with van der Waals surface area (Å²) < 4.78 is 29.1. The highest BCUT2D eigenvalue weighted by Gasteiger charge is 2.33. The van der Waals surface area contributed by atoms with Crippen molar-refractivity contribution in [2.75, 3.05) is 19.8 Å². The summed E-state index contributed by atoms with van der Waals surface area (Å²) >= 11 is 0. The molecule has 0 aromatic carbocycles. The molecule has 0 bridgehead atoms. The molecule has 0 aromatic rings. The lowest BCUT2D eigenvalue weighted by atomic mass is 9.88. The van der Waals surface area contributed by atoms with Crippen LogP contribution >= 0.6 is 0 Å². The van der Waals surface area contributed by atoms with E-state index < -0.39 is 12.5 Å². The van der Waals surface area contributed by atoms with Crippen molar-refractivity contribution < 1.29 is 13.5 Å². The summed E-state index contributed by atoms with van der Waals surface area (Å²) in [4.78, 5) is 0. The van der Waals surface area contributed by atoms with Crippen molar-refractivity contribution in [2.45, 2.75) is 26.3 Å². The zero-order valence-corrected chi connectivity index (χ0v) is 7.44. The van der Waals surface area contributed by atoms with Crippen LogP contribution in [-0.2, 0) is 4.74 Å². The molecule has 12 heavy (non-hydrogen) atoms. The molecule has 0 aliphatic carbocycles. The molecule has 1 aliphatic heterocycles. The monoisotopic (exact) mass is 179 g/mol. The zero-order chi connectivity index (χ0) is 9.19. The summed E-state index contributed by atoms with van der Waals surface area (Å²) in [5, 5.41) is 2.79. The molecule has 0 spiro atoms. The van der Waals surface area contributed by atoms with E-state index in [0.717, 1.165) is 0 Å². The Labute approximate surface area is 71.3 Å². The summed E-state index contributed by atoms with van der Waals surface area (Å²) in [7, 11) is 0. The highest BCUT2D eigenvalue weighted by molar-refractivity contribution is 4.84. The summed E-state index contributed by atoms with van der Waals surface area (Å²) in [5.74, 6) is 0. The summed E-state index contributed by atoms with van der Waals surface area (Å²) in [5.41, 5.74) is 0.0726. The van der Waals surface area contributed by atoms with Crippen LogP contribution in [0.3, 0.4) is 0 Å². The topological polar surface area (TPSA) is 21.3 Å². The SMILES string of the molecule is CC(NCC1(C)COC1)C(F)F. The molecule has 0 aromatic heterocycles. The van der Waals surface area contributed by atoms with Gasteiger partial charge in [-0.05, 0) is 6.92 Å². The minimum Gasteiger partial charge on any atom is -0.380 e. The van der Waals surface area contributed by atoms with Gasteiger partial charge in [0.05, 0.1) is 19.3 Å². The maximum absolute atomic E-state index is 12.0. The van der Waals surface area contributed by atoms with Crippen LogP contribution in [-0.4, -0.2) is 32.2 Å². The average Bonchev–Trinajstić information content (AvgIpc) is 1.96. The molecule has 1 aliphatic rings. The van der Waals surface area contributed by atoms with Crippen molar-refractivity contribution in [3.8, 4) is 0 Å². The van der Waals surface area contributed by atoms with E-state index in [2.05, 4.69) is 5.32 Å². The van der Waals surface area contributed by atoms with Gasteiger partial charge in [0.15, 0.2) is 0 Å². The minimum absolute atomic E-state index is 0.0726. The van der Waals surface area contributed by atoms with E-state index in [1.165, 1.54) is 6.92 Å². The molecule has 2 nitrogen and oxygen atoms in total. The Morgan fingerprint density at radius 1 is 1.50 bits per heavy atom. The number of alkyl halides is 2. The Balaban J connectivity index is 2.16. The van der Waals surface area contributed by atoms with Gasteiger partial charge in [-0.1, -0.05) is 6.92 Å². The molecule has 0 amide bonds. The molecular formula is C8H15F2NO. The van der Waals surface area contributed by atoms with Gasteiger partial charge in [0.1, 0.15) is 0 Å². The van der Waals surface area contributed by atoms with Crippen molar-refractivity contribution in [1.29, 1.82) is 0 Å². The van der Waals surface area contributed by atoms with Gasteiger partial charge in [-0.25, -0.2) is 8.78 Å². The molecule has 0 radical (unpaired) electrons. The van der Waals surface area contributed by atoms with E-state index in [-0.39, 0.29) is 5.41 Å². The summed E-state index contributed by atoms with van der Waals surface area (Å²) in [6.07, 6.45) is -2.28. The molecule has 4 heteroatoms. The highest BCUT2D eigenvalue weighted by Crippen LogP contribution is 2.25. The van der Waals surface area contributed by atoms with E-state index in [4.69, 9.17) is 4.74 Å². The van der Waals surface area contributed by atoms with Gasteiger partial charge in [0.25, 0.3) is 6.43 Å². The third kappa shape index (κ3) is 2.38. The Kier molecular flexibility index (Phi) is 3.01. The molecule has 1 heterocycles. The molecule has 1 N–H and O–H groups in total. The third-order valence-electron chi connectivity index (χ3n) is 2.13. The number of rotatable bonds is 4. The Bertz CT molecular complexity index is 148. The van der Waals surface area contributed by atoms with Crippen molar-refractivity contribution in [3.05, 3.63) is 0 Å². The quantitative estimate of drug-likeness (QED) is 0.701. The van der Waals surface area contributed by atoms with Crippen LogP contribution in [0, 0.1) is 5.41 Å². The van der Waals surface area contributed by atoms with Gasteiger partial charge < -0.3 is 10.1 Å². The second-order valence-corrected chi connectivity index (χ2v) is 3.81. The first-order valence-corrected chi connectivity index (χ1v) is 4.13. The molecule has 1 saturated heterocycles. The fourth-order valence-electron chi connectivity index (χ4n) is 1.05. The molecule has 1 unspecified atom stereocenters. The maximum atomic E-state index is 12.0. The molecule has 1 atom stereocenters. The van der Waals surface area contributed by atoms with E-state index in [9.17, 15) is 8.78 Å². The first-order valence-electron chi connectivity index (χ1n) is 4.13. The number of hydrogen-bond acceptors (Lipinski definition) is 2. The largest absolute Gasteiger partial charge is 0.380 e. The van der Waals surface area contributed by atoms with Gasteiger partial charge in [0, 0.05) is 12.0 Å². The van der Waals surface area contributed by atoms with Crippen molar-refractivity contribution in [2.24, 2.45) is 5.41 Å². The average molecular weight is 179 g/mol. The molecule has 72 valence electrons. The first kappa shape index (κ1) is 9.86. The van der Waals surface area contributed by atoms with Crippen LogP contribution in [0.2, 0.25) is 0 Å². The third-order valence-corrected chi connectivity index (χ3v) is 2.13. The second kappa shape index (κ2) is 3.66. The van der Waals surface area contributed by atoms with Crippen molar-refractivity contribution in [1.82, 2.24) is 5.32 Å². The molecule has 1 fully saturated rings. The molecule has 1 rings (SSSR count). The number of halogens is 2. The first-order chi connectivity index (χ1) is 5.53. The van der Waals surface area contributed by atoms with Crippen molar-refractivity contribution in [3.63, 3.8) is 0 Å². The number of nitrogens with one attached hydrogen (secondary N) is 1. The fraction of sp³-hybridized carbons (Fsp3) is 1.00. The number of hydrogen-bond donors (Lipinski definition) is 1. The predicted octanol–water partition coefficient (Wildman–Crippen LogP) is 1.27. The Hall–Kier alpha value is -0.220. The zero-order valence-electron chi connectivity index (χ0n) is 7.44. The normalized spacial score (nSPS) is 23.8. The van der Waals surface area contributed by atoms with Crippen molar-refractivity contribution >= 4 is 0 Å². The standard InChI is InChI=1S/C8H15F2NO/c1-6(7(9)10)11-3-8(2)4-12-5-8/h6-7,11H,3-5H2,1-2H3. The molecular weight excluding hydrogens is 164 g/mol. The van der Waals surface area contributed by atoms with E-state index in [1.807, 2.05) is 6.92 Å². The maximum Gasteiger partial charge on any atom is 0.253 e. The van der Waals surface area contributed by atoms with Crippen LogP contribution in [0.4, 0.5) is 8.78 Å².